The molecule has 0 aliphatic heterocycles. The van der Waals surface area contributed by atoms with Gasteiger partial charge in [-0.15, -0.1) is 0 Å². The van der Waals surface area contributed by atoms with E-state index >= 15 is 0 Å². The van der Waals surface area contributed by atoms with E-state index in [1.807, 2.05) is 66.7 Å². The normalized spacial score (nSPS) is 12.9. The van der Waals surface area contributed by atoms with E-state index in [9.17, 15) is 14.1 Å². The highest BCUT2D eigenvalue weighted by Gasteiger charge is 2.31. The van der Waals surface area contributed by atoms with Crippen LogP contribution in [-0.2, 0) is 15.7 Å². The largest absolute Gasteiger partial charge is 0.465 e. The molecule has 0 bridgehead atoms. The minimum atomic E-state index is -1.71. The van der Waals surface area contributed by atoms with Crippen LogP contribution in [0, 0.1) is 0 Å². The van der Waals surface area contributed by atoms with Gasteiger partial charge in [0.15, 0.2) is 11.0 Å². The third kappa shape index (κ3) is 4.18. The number of ether oxygens (including phenoxy) is 1. The summed E-state index contributed by atoms with van der Waals surface area (Å²) in [7, 11) is -0.411. The number of fused-ring (bicyclic) bond motifs is 1. The molecule has 1 aromatic heterocycles. The average Bonchev–Trinajstić information content (AvgIpc) is 3.28. The molecule has 0 fully saturated rings. The second-order valence-electron chi connectivity index (χ2n) is 8.02. The maximum Gasteiger partial charge on any atom is 0.340 e. The molecule has 5 rings (SSSR count). The van der Waals surface area contributed by atoms with Crippen LogP contribution in [0.3, 0.4) is 0 Å². The number of carbonyl (C=O) groups excluding carboxylic acids is 1. The van der Waals surface area contributed by atoms with E-state index in [-0.39, 0.29) is 11.3 Å². The van der Waals surface area contributed by atoms with Crippen molar-refractivity contribution >= 4 is 27.9 Å². The number of benzene rings is 4. The van der Waals surface area contributed by atoms with E-state index in [0.29, 0.717) is 21.4 Å². The van der Waals surface area contributed by atoms with Crippen molar-refractivity contribution in [2.24, 2.45) is 0 Å². The number of aliphatic hydroxyl groups excluding tert-OH is 1. The van der Waals surface area contributed by atoms with Crippen molar-refractivity contribution in [2.75, 3.05) is 7.11 Å². The molecule has 0 saturated heterocycles. The molecule has 5 nitrogen and oxygen atoms in total. The van der Waals surface area contributed by atoms with Crippen LogP contribution < -0.4 is 0 Å². The van der Waals surface area contributed by atoms with E-state index in [0.717, 1.165) is 11.1 Å². The first-order valence-corrected chi connectivity index (χ1v) is 12.2. The highest BCUT2D eigenvalue weighted by Crippen LogP contribution is 2.36. The molecular weight excluding hydrogens is 458 g/mol. The van der Waals surface area contributed by atoms with E-state index in [1.165, 1.54) is 11.1 Å². The van der Waals surface area contributed by atoms with Gasteiger partial charge in [0.05, 0.1) is 28.8 Å². The van der Waals surface area contributed by atoms with Gasteiger partial charge in [0.2, 0.25) is 0 Å². The molecule has 2 unspecified atom stereocenters. The molecule has 35 heavy (non-hydrogen) atoms. The van der Waals surface area contributed by atoms with Gasteiger partial charge in [-0.25, -0.2) is 9.00 Å². The van der Waals surface area contributed by atoms with Crippen molar-refractivity contribution < 1.29 is 18.8 Å². The van der Waals surface area contributed by atoms with Gasteiger partial charge in [-0.2, -0.15) is 0 Å². The number of rotatable bonds is 6. The Bertz CT molecular complexity index is 1510. The molecule has 0 aliphatic rings. The van der Waals surface area contributed by atoms with Gasteiger partial charge in [0.25, 0.3) is 0 Å². The van der Waals surface area contributed by atoms with Crippen molar-refractivity contribution in [1.82, 2.24) is 3.97 Å². The summed E-state index contributed by atoms with van der Waals surface area (Å²) in [5, 5.41) is 12.2. The number of aromatic nitrogens is 1. The lowest BCUT2D eigenvalue weighted by Gasteiger charge is -2.17. The van der Waals surface area contributed by atoms with Crippen LogP contribution in [0.25, 0.3) is 22.0 Å². The fourth-order valence-corrected chi connectivity index (χ4v) is 5.57. The predicted molar refractivity (Wildman–Crippen MR) is 137 cm³/mol. The number of nitrogens with zero attached hydrogens (tertiary/aromatic N) is 1. The second kappa shape index (κ2) is 9.70. The molecule has 2 atom stereocenters. The van der Waals surface area contributed by atoms with E-state index in [2.05, 4.69) is 0 Å². The van der Waals surface area contributed by atoms with Gasteiger partial charge in [-0.05, 0) is 34.9 Å². The number of aliphatic hydroxyl groups is 1. The fourth-order valence-electron chi connectivity index (χ4n) is 4.26. The number of hydrogen-bond donors (Lipinski definition) is 1. The zero-order valence-corrected chi connectivity index (χ0v) is 19.8. The Labute approximate surface area is 205 Å². The standard InChI is InChI=1S/C29H23NO4S/c1-34-29(32)26-24-14-8-9-15-25(24)30(35(33)23-12-6-3-7-13-23)27(26)28(31)22-18-16-21(17-19-22)20-10-4-2-5-11-20/h2-19,28,31H,1H3. The Kier molecular flexibility index (Phi) is 6.31. The highest BCUT2D eigenvalue weighted by molar-refractivity contribution is 7.83. The third-order valence-corrected chi connectivity index (χ3v) is 7.36. The van der Waals surface area contributed by atoms with Crippen LogP contribution in [-0.4, -0.2) is 26.4 Å². The number of para-hydroxylation sites is 1. The summed E-state index contributed by atoms with van der Waals surface area (Å²) < 4.78 is 20.4. The zero-order valence-electron chi connectivity index (χ0n) is 19.0. The van der Waals surface area contributed by atoms with E-state index in [4.69, 9.17) is 4.74 Å². The lowest BCUT2D eigenvalue weighted by atomic mass is 9.98. The molecular formula is C29H23NO4S. The maximum atomic E-state index is 13.8. The Hall–Kier alpha value is -4.00. The lowest BCUT2D eigenvalue weighted by molar-refractivity contribution is 0.0597. The number of carbonyl (C=O) groups is 1. The molecule has 6 heteroatoms. The highest BCUT2D eigenvalue weighted by atomic mass is 32.2. The topological polar surface area (TPSA) is 68.5 Å². The lowest BCUT2D eigenvalue weighted by Crippen LogP contribution is -2.16. The molecule has 0 spiro atoms. The Balaban J connectivity index is 1.70. The maximum absolute atomic E-state index is 13.8. The summed E-state index contributed by atoms with van der Waals surface area (Å²) in [5.41, 5.74) is 3.64. The summed E-state index contributed by atoms with van der Waals surface area (Å²) in [6, 6.07) is 33.6. The van der Waals surface area contributed by atoms with Crippen molar-refractivity contribution in [3.8, 4) is 11.1 Å². The van der Waals surface area contributed by atoms with Crippen molar-refractivity contribution in [1.29, 1.82) is 0 Å². The summed E-state index contributed by atoms with van der Waals surface area (Å²) >= 11 is 0. The quantitative estimate of drug-likeness (QED) is 0.314. The van der Waals surface area contributed by atoms with Crippen LogP contribution in [0.1, 0.15) is 27.7 Å². The first-order valence-electron chi connectivity index (χ1n) is 11.1. The van der Waals surface area contributed by atoms with Gasteiger partial charge in [-0.3, -0.25) is 3.97 Å². The van der Waals surface area contributed by atoms with Gasteiger partial charge >= 0.3 is 5.97 Å². The summed E-state index contributed by atoms with van der Waals surface area (Å²) in [5.74, 6) is -0.597. The number of methoxy groups -OCH3 is 1. The fraction of sp³-hybridized carbons (Fsp3) is 0.0690. The van der Waals surface area contributed by atoms with Gasteiger partial charge in [0, 0.05) is 5.39 Å². The molecule has 0 radical (unpaired) electrons. The van der Waals surface area contributed by atoms with Gasteiger partial charge in [-0.1, -0.05) is 91.0 Å². The SMILES string of the molecule is COC(=O)c1c(C(O)c2ccc(-c3ccccc3)cc2)n(S(=O)c2ccccc2)c2ccccc12. The van der Waals surface area contributed by atoms with E-state index in [1.54, 1.807) is 42.5 Å². The first kappa shape index (κ1) is 22.8. The predicted octanol–water partition coefficient (Wildman–Crippen LogP) is 5.75. The monoisotopic (exact) mass is 481 g/mol. The van der Waals surface area contributed by atoms with Crippen molar-refractivity contribution in [2.45, 2.75) is 11.0 Å². The molecule has 174 valence electrons. The molecule has 5 aromatic rings. The minimum absolute atomic E-state index is 0.201. The smallest absolute Gasteiger partial charge is 0.340 e. The van der Waals surface area contributed by atoms with Crippen LogP contribution in [0.15, 0.2) is 114 Å². The van der Waals surface area contributed by atoms with Crippen LogP contribution in [0.5, 0.6) is 0 Å². The van der Waals surface area contributed by atoms with Crippen molar-refractivity contribution in [3.05, 3.63) is 126 Å². The molecule has 1 heterocycles. The van der Waals surface area contributed by atoms with Gasteiger partial charge < -0.3 is 9.84 Å². The third-order valence-electron chi connectivity index (χ3n) is 5.96. The van der Waals surface area contributed by atoms with Crippen LogP contribution in [0.2, 0.25) is 0 Å². The summed E-state index contributed by atoms with van der Waals surface area (Å²) in [6.07, 6.45) is -1.21. The van der Waals surface area contributed by atoms with Gasteiger partial charge in [0.1, 0.15) is 6.10 Å². The Morgan fingerprint density at radius 3 is 2.03 bits per heavy atom. The summed E-state index contributed by atoms with van der Waals surface area (Å²) in [4.78, 5) is 13.5. The minimum Gasteiger partial charge on any atom is -0.465 e. The second-order valence-corrected chi connectivity index (χ2v) is 9.35. The number of hydrogen-bond acceptors (Lipinski definition) is 4. The molecule has 1 N–H and O–H groups in total. The Morgan fingerprint density at radius 2 is 1.37 bits per heavy atom. The molecule has 0 saturated carbocycles. The Morgan fingerprint density at radius 1 is 0.800 bits per heavy atom. The zero-order chi connectivity index (χ0) is 24.4. The summed E-state index contributed by atoms with van der Waals surface area (Å²) in [6.45, 7) is 0. The molecule has 0 amide bonds. The number of esters is 1. The van der Waals surface area contributed by atoms with Crippen LogP contribution >= 0.6 is 0 Å². The van der Waals surface area contributed by atoms with Crippen molar-refractivity contribution in [3.63, 3.8) is 0 Å². The van der Waals surface area contributed by atoms with Crippen LogP contribution in [0.4, 0.5) is 0 Å². The average molecular weight is 482 g/mol. The van der Waals surface area contributed by atoms with E-state index < -0.39 is 23.1 Å². The first-order chi connectivity index (χ1) is 17.1. The molecule has 0 aliphatic carbocycles. The molecule has 4 aromatic carbocycles.